The van der Waals surface area contributed by atoms with Crippen LogP contribution in [0.2, 0.25) is 0 Å². The monoisotopic (exact) mass is 438 g/mol. The number of imidazole rings is 1. The van der Waals surface area contributed by atoms with Crippen LogP contribution in [0.5, 0.6) is 5.75 Å². The van der Waals surface area contributed by atoms with Gasteiger partial charge < -0.3 is 14.6 Å². The number of nitrogens with one attached hydrogen (secondary N) is 1. The largest absolute Gasteiger partial charge is 0.494 e. The number of carbonyl (C=O) groups is 1. The summed E-state index contributed by atoms with van der Waals surface area (Å²) in [6.45, 7) is 5.32. The third-order valence-electron chi connectivity index (χ3n) is 5.47. The molecule has 158 valence electrons. The van der Waals surface area contributed by atoms with E-state index in [0.717, 1.165) is 35.0 Å². The van der Waals surface area contributed by atoms with Gasteiger partial charge in [0.1, 0.15) is 5.75 Å². The molecule has 1 aromatic carbocycles. The topological polar surface area (TPSA) is 95.6 Å². The summed E-state index contributed by atoms with van der Waals surface area (Å²) in [7, 11) is -2.88. The van der Waals surface area contributed by atoms with Gasteiger partial charge in [-0.2, -0.15) is 0 Å². The molecule has 0 aliphatic carbocycles. The first-order valence-electron chi connectivity index (χ1n) is 9.91. The third-order valence-corrected chi connectivity index (χ3v) is 8.08. The van der Waals surface area contributed by atoms with Crippen molar-refractivity contribution >= 4 is 38.5 Å². The number of thioether (sulfide) groups is 1. The van der Waals surface area contributed by atoms with Gasteiger partial charge in [0.05, 0.1) is 34.9 Å². The van der Waals surface area contributed by atoms with Crippen LogP contribution in [0.4, 0.5) is 0 Å². The summed E-state index contributed by atoms with van der Waals surface area (Å²) in [4.78, 5) is 24.4. The lowest BCUT2D eigenvalue weighted by Gasteiger charge is -2.37. The maximum atomic E-state index is 12.6. The Balaban J connectivity index is 1.27. The number of H-pyrrole nitrogens is 1. The maximum Gasteiger partial charge on any atom is 0.233 e. The predicted octanol–water partition coefficient (Wildman–Crippen LogP) is 1.38. The van der Waals surface area contributed by atoms with Gasteiger partial charge in [0, 0.05) is 38.3 Å². The van der Waals surface area contributed by atoms with Crippen molar-refractivity contribution in [1.82, 2.24) is 19.8 Å². The molecule has 0 radical (unpaired) electrons. The van der Waals surface area contributed by atoms with E-state index in [1.807, 2.05) is 30.0 Å². The van der Waals surface area contributed by atoms with E-state index in [9.17, 15) is 13.2 Å². The molecular weight excluding hydrogens is 412 g/mol. The van der Waals surface area contributed by atoms with Crippen molar-refractivity contribution in [3.63, 3.8) is 0 Å². The molecule has 1 amide bonds. The van der Waals surface area contributed by atoms with Crippen LogP contribution >= 0.6 is 11.8 Å². The molecule has 0 saturated carbocycles. The van der Waals surface area contributed by atoms with E-state index in [2.05, 4.69) is 14.9 Å². The normalized spacial score (nSPS) is 22.2. The standard InChI is InChI=1S/C19H26N4O4S2/c1-2-27-15-3-4-16-17(11-15)21-19(20-16)28-12-18(24)23-8-6-22(7-9-23)14-5-10-29(25,26)13-14/h3-4,11,14H,2,5-10,12-13H2,1H3,(H,20,21). The first-order valence-corrected chi connectivity index (χ1v) is 12.7. The first-order chi connectivity index (χ1) is 13.9. The number of aromatic nitrogens is 2. The van der Waals surface area contributed by atoms with E-state index in [1.165, 1.54) is 11.8 Å². The number of fused-ring (bicyclic) bond motifs is 1. The molecule has 1 aromatic heterocycles. The second-order valence-corrected chi connectivity index (χ2v) is 10.6. The van der Waals surface area contributed by atoms with Crippen molar-refractivity contribution in [3.8, 4) is 5.75 Å². The van der Waals surface area contributed by atoms with Gasteiger partial charge in [0.2, 0.25) is 5.91 Å². The average Bonchev–Trinajstić information content (AvgIpc) is 3.28. The average molecular weight is 439 g/mol. The molecule has 2 fully saturated rings. The number of sulfone groups is 1. The number of benzene rings is 1. The van der Waals surface area contributed by atoms with Crippen LogP contribution in [0, 0.1) is 0 Å². The molecule has 10 heteroatoms. The zero-order valence-corrected chi connectivity index (χ0v) is 18.1. The molecule has 0 bridgehead atoms. The summed E-state index contributed by atoms with van der Waals surface area (Å²) in [6.07, 6.45) is 0.712. The number of hydrogen-bond acceptors (Lipinski definition) is 7. The van der Waals surface area contributed by atoms with Crippen molar-refractivity contribution in [2.24, 2.45) is 0 Å². The number of rotatable bonds is 6. The predicted molar refractivity (Wildman–Crippen MR) is 113 cm³/mol. The van der Waals surface area contributed by atoms with Gasteiger partial charge in [-0.05, 0) is 25.5 Å². The first kappa shape index (κ1) is 20.5. The fourth-order valence-corrected chi connectivity index (χ4v) is 6.46. The summed E-state index contributed by atoms with van der Waals surface area (Å²) in [5.41, 5.74) is 1.74. The number of carbonyl (C=O) groups excluding carboxylic acids is 1. The fourth-order valence-electron chi connectivity index (χ4n) is 3.91. The summed E-state index contributed by atoms with van der Waals surface area (Å²) in [6, 6.07) is 5.83. The Hall–Kier alpha value is -1.78. The minimum Gasteiger partial charge on any atom is -0.494 e. The van der Waals surface area contributed by atoms with Crippen molar-refractivity contribution in [1.29, 1.82) is 0 Å². The minimum absolute atomic E-state index is 0.0872. The molecule has 2 saturated heterocycles. The van der Waals surface area contributed by atoms with Crippen LogP contribution in [0.15, 0.2) is 23.4 Å². The highest BCUT2D eigenvalue weighted by atomic mass is 32.2. The van der Waals surface area contributed by atoms with E-state index in [0.29, 0.717) is 31.9 Å². The van der Waals surface area contributed by atoms with E-state index in [4.69, 9.17) is 4.74 Å². The highest BCUT2D eigenvalue weighted by Crippen LogP contribution is 2.24. The van der Waals surface area contributed by atoms with Gasteiger partial charge in [0.25, 0.3) is 0 Å². The molecule has 4 rings (SSSR count). The molecule has 1 N–H and O–H groups in total. The summed E-state index contributed by atoms with van der Waals surface area (Å²) < 4.78 is 28.9. The van der Waals surface area contributed by atoms with Gasteiger partial charge in [-0.3, -0.25) is 9.69 Å². The Morgan fingerprint density at radius 1 is 1.31 bits per heavy atom. The molecule has 0 spiro atoms. The Morgan fingerprint density at radius 3 is 2.79 bits per heavy atom. The highest BCUT2D eigenvalue weighted by molar-refractivity contribution is 7.99. The van der Waals surface area contributed by atoms with Crippen LogP contribution in [0.3, 0.4) is 0 Å². The zero-order chi connectivity index (χ0) is 20.4. The van der Waals surface area contributed by atoms with Gasteiger partial charge in [-0.1, -0.05) is 11.8 Å². The number of piperazine rings is 1. The lowest BCUT2D eigenvalue weighted by atomic mass is 10.2. The van der Waals surface area contributed by atoms with Crippen LogP contribution in [0.25, 0.3) is 11.0 Å². The molecule has 2 aromatic rings. The maximum absolute atomic E-state index is 12.6. The second kappa shape index (κ2) is 8.53. The van der Waals surface area contributed by atoms with Crippen molar-refractivity contribution < 1.29 is 17.9 Å². The molecular formula is C19H26N4O4S2. The van der Waals surface area contributed by atoms with Gasteiger partial charge in [-0.25, -0.2) is 13.4 Å². The Kier molecular flexibility index (Phi) is 6.03. The molecule has 3 heterocycles. The van der Waals surface area contributed by atoms with E-state index >= 15 is 0 Å². The molecule has 1 atom stereocenters. The Bertz CT molecular complexity index is 983. The van der Waals surface area contributed by atoms with Crippen molar-refractivity contribution in [2.45, 2.75) is 24.5 Å². The quantitative estimate of drug-likeness (QED) is 0.681. The second-order valence-electron chi connectivity index (χ2n) is 7.42. The lowest BCUT2D eigenvalue weighted by molar-refractivity contribution is -0.130. The molecule has 29 heavy (non-hydrogen) atoms. The van der Waals surface area contributed by atoms with E-state index < -0.39 is 9.84 Å². The van der Waals surface area contributed by atoms with Crippen LogP contribution < -0.4 is 4.74 Å². The molecule has 2 aliphatic rings. The van der Waals surface area contributed by atoms with Gasteiger partial charge >= 0.3 is 0 Å². The lowest BCUT2D eigenvalue weighted by Crippen LogP contribution is -2.52. The number of amides is 1. The fraction of sp³-hybridized carbons (Fsp3) is 0.579. The van der Waals surface area contributed by atoms with Gasteiger partial charge in [-0.15, -0.1) is 0 Å². The number of ether oxygens (including phenoxy) is 1. The Morgan fingerprint density at radius 2 is 2.10 bits per heavy atom. The van der Waals surface area contributed by atoms with E-state index in [1.54, 1.807) is 0 Å². The van der Waals surface area contributed by atoms with E-state index in [-0.39, 0.29) is 23.5 Å². The Labute approximate surface area is 174 Å². The summed E-state index contributed by atoms with van der Waals surface area (Å²) >= 11 is 1.40. The molecule has 8 nitrogen and oxygen atoms in total. The number of nitrogens with zero attached hydrogens (tertiary/aromatic N) is 3. The minimum atomic E-state index is -2.88. The molecule has 1 unspecified atom stereocenters. The smallest absolute Gasteiger partial charge is 0.233 e. The van der Waals surface area contributed by atoms with Gasteiger partial charge in [0.15, 0.2) is 15.0 Å². The van der Waals surface area contributed by atoms with Crippen molar-refractivity contribution in [3.05, 3.63) is 18.2 Å². The summed E-state index contributed by atoms with van der Waals surface area (Å²) in [5, 5.41) is 0.719. The number of aromatic amines is 1. The summed E-state index contributed by atoms with van der Waals surface area (Å²) in [5.74, 6) is 1.76. The molecule has 2 aliphatic heterocycles. The van der Waals surface area contributed by atoms with Crippen LogP contribution in [0.1, 0.15) is 13.3 Å². The SMILES string of the molecule is CCOc1ccc2nc(SCC(=O)N3CCN(C4CCS(=O)(=O)C4)CC3)[nH]c2c1. The number of hydrogen-bond donors (Lipinski definition) is 1. The van der Waals surface area contributed by atoms with Crippen LogP contribution in [-0.4, -0.2) is 90.2 Å². The highest BCUT2D eigenvalue weighted by Gasteiger charge is 2.34. The van der Waals surface area contributed by atoms with Crippen molar-refractivity contribution in [2.75, 3.05) is 50.0 Å². The zero-order valence-electron chi connectivity index (χ0n) is 16.5. The van der Waals surface area contributed by atoms with Crippen LogP contribution in [-0.2, 0) is 14.6 Å². The third kappa shape index (κ3) is 4.87.